The highest BCUT2D eigenvalue weighted by Crippen LogP contribution is 2.28. The highest BCUT2D eigenvalue weighted by Gasteiger charge is 2.28. The maximum atomic E-state index is 13.0. The van der Waals surface area contributed by atoms with Gasteiger partial charge >= 0.3 is 0 Å². The van der Waals surface area contributed by atoms with Gasteiger partial charge in [0, 0.05) is 18.8 Å². The van der Waals surface area contributed by atoms with E-state index in [4.69, 9.17) is 4.74 Å². The molecule has 0 aromatic heterocycles. The van der Waals surface area contributed by atoms with Crippen LogP contribution in [0.25, 0.3) is 0 Å². The number of ether oxygens (including phenoxy) is 1. The van der Waals surface area contributed by atoms with Crippen LogP contribution in [-0.4, -0.2) is 34.3 Å². The van der Waals surface area contributed by atoms with Crippen LogP contribution >= 0.6 is 0 Å². The third-order valence-corrected chi connectivity index (χ3v) is 8.68. The normalized spacial score (nSPS) is 14.5. The number of fused-ring (bicyclic) bond motifs is 1. The lowest BCUT2D eigenvalue weighted by Crippen LogP contribution is -2.36. The summed E-state index contributed by atoms with van der Waals surface area (Å²) in [5, 5.41) is 0. The van der Waals surface area contributed by atoms with Crippen LogP contribution in [0.1, 0.15) is 24.5 Å². The van der Waals surface area contributed by atoms with E-state index >= 15 is 0 Å². The summed E-state index contributed by atoms with van der Waals surface area (Å²) in [7, 11) is -7.42. The molecule has 9 heteroatoms. The number of hydrogen-bond donors (Lipinski definition) is 1. The minimum absolute atomic E-state index is 0.123. The van der Waals surface area contributed by atoms with Crippen LogP contribution < -0.4 is 9.46 Å². The number of rotatable bonds is 8. The summed E-state index contributed by atoms with van der Waals surface area (Å²) in [6, 6.07) is 19.8. The molecule has 0 saturated heterocycles. The van der Waals surface area contributed by atoms with Crippen LogP contribution in [0, 0.1) is 0 Å². The van der Waals surface area contributed by atoms with Crippen LogP contribution in [0.3, 0.4) is 0 Å². The molecule has 174 valence electrons. The second-order valence-corrected chi connectivity index (χ2v) is 11.4. The van der Waals surface area contributed by atoms with Gasteiger partial charge in [-0.2, -0.15) is 4.31 Å². The average molecular weight is 487 g/mol. The van der Waals surface area contributed by atoms with Gasteiger partial charge in [-0.15, -0.1) is 0 Å². The molecule has 3 aromatic rings. The van der Waals surface area contributed by atoms with Gasteiger partial charge in [-0.05, 0) is 72.5 Å². The van der Waals surface area contributed by atoms with Gasteiger partial charge < -0.3 is 4.74 Å². The van der Waals surface area contributed by atoms with Crippen LogP contribution in [0.4, 0.5) is 5.69 Å². The Hall–Kier alpha value is -2.88. The lowest BCUT2D eigenvalue weighted by atomic mass is 10.0. The van der Waals surface area contributed by atoms with E-state index in [1.807, 2.05) is 13.0 Å². The molecule has 0 aliphatic carbocycles. The molecule has 0 amide bonds. The van der Waals surface area contributed by atoms with Crippen molar-refractivity contribution in [2.24, 2.45) is 0 Å². The molecule has 1 N–H and O–H groups in total. The number of nitrogens with one attached hydrogen (secondary N) is 1. The molecule has 0 fully saturated rings. The Morgan fingerprint density at radius 3 is 2.30 bits per heavy atom. The van der Waals surface area contributed by atoms with Gasteiger partial charge in [0.25, 0.3) is 10.0 Å². The lowest BCUT2D eigenvalue weighted by molar-refractivity contribution is 0.317. The topological polar surface area (TPSA) is 92.8 Å². The highest BCUT2D eigenvalue weighted by atomic mass is 32.2. The summed E-state index contributed by atoms with van der Waals surface area (Å²) in [6.45, 7) is 3.13. The minimum atomic E-state index is -3.80. The fourth-order valence-electron chi connectivity index (χ4n) is 3.69. The Morgan fingerprint density at radius 1 is 0.879 bits per heavy atom. The number of hydrogen-bond acceptors (Lipinski definition) is 5. The molecule has 0 atom stereocenters. The van der Waals surface area contributed by atoms with E-state index in [1.165, 1.54) is 16.4 Å². The monoisotopic (exact) mass is 486 g/mol. The molecular weight excluding hydrogens is 460 g/mol. The van der Waals surface area contributed by atoms with Gasteiger partial charge in [0.15, 0.2) is 0 Å². The van der Waals surface area contributed by atoms with Crippen molar-refractivity contribution in [1.82, 2.24) is 4.31 Å². The van der Waals surface area contributed by atoms with Crippen molar-refractivity contribution < 1.29 is 21.6 Å². The lowest BCUT2D eigenvalue weighted by Gasteiger charge is -2.28. The molecule has 1 heterocycles. The van der Waals surface area contributed by atoms with Crippen molar-refractivity contribution >= 4 is 25.7 Å². The number of nitrogens with zero attached hydrogens (tertiary/aromatic N) is 1. The van der Waals surface area contributed by atoms with Gasteiger partial charge in [0.2, 0.25) is 10.0 Å². The summed E-state index contributed by atoms with van der Waals surface area (Å²) in [4.78, 5) is 0.369. The van der Waals surface area contributed by atoms with Gasteiger partial charge in [-0.25, -0.2) is 16.8 Å². The molecule has 33 heavy (non-hydrogen) atoms. The number of sulfonamides is 2. The number of benzene rings is 3. The van der Waals surface area contributed by atoms with E-state index in [0.717, 1.165) is 17.5 Å². The van der Waals surface area contributed by atoms with E-state index in [9.17, 15) is 16.8 Å². The second-order valence-electron chi connectivity index (χ2n) is 7.81. The first-order valence-corrected chi connectivity index (χ1v) is 13.6. The Morgan fingerprint density at radius 2 is 1.61 bits per heavy atom. The molecule has 1 aliphatic heterocycles. The predicted octanol–water partition coefficient (Wildman–Crippen LogP) is 4.02. The van der Waals surface area contributed by atoms with Crippen LogP contribution in [0.15, 0.2) is 82.6 Å². The average Bonchev–Trinajstić information content (AvgIpc) is 2.83. The van der Waals surface area contributed by atoms with Crippen LogP contribution in [0.5, 0.6) is 5.75 Å². The van der Waals surface area contributed by atoms with E-state index in [-0.39, 0.29) is 16.3 Å². The zero-order valence-electron chi connectivity index (χ0n) is 18.3. The molecule has 0 saturated carbocycles. The van der Waals surface area contributed by atoms with Crippen molar-refractivity contribution in [1.29, 1.82) is 0 Å². The van der Waals surface area contributed by atoms with Crippen molar-refractivity contribution in [3.05, 3.63) is 83.9 Å². The summed E-state index contributed by atoms with van der Waals surface area (Å²) in [5.74, 6) is 0.615. The molecule has 0 unspecified atom stereocenters. The zero-order chi connectivity index (χ0) is 23.5. The Bertz CT molecular complexity index is 1320. The maximum Gasteiger partial charge on any atom is 0.261 e. The van der Waals surface area contributed by atoms with Crippen molar-refractivity contribution in [2.45, 2.75) is 36.1 Å². The smallest absolute Gasteiger partial charge is 0.261 e. The first kappa shape index (κ1) is 23.3. The fraction of sp³-hybridized carbons (Fsp3) is 0.250. The third kappa shape index (κ3) is 5.21. The number of anilines is 1. The summed E-state index contributed by atoms with van der Waals surface area (Å²) in [6.07, 6.45) is 1.43. The largest absolute Gasteiger partial charge is 0.494 e. The van der Waals surface area contributed by atoms with Crippen LogP contribution in [-0.2, 0) is 33.0 Å². The quantitative estimate of drug-likeness (QED) is 0.519. The maximum absolute atomic E-state index is 13.0. The van der Waals surface area contributed by atoms with E-state index in [2.05, 4.69) is 4.72 Å². The zero-order valence-corrected chi connectivity index (χ0v) is 19.9. The molecule has 4 rings (SSSR count). The molecule has 1 aliphatic rings. The Labute approximate surface area is 195 Å². The van der Waals surface area contributed by atoms with Gasteiger partial charge in [-0.1, -0.05) is 31.2 Å². The molecule has 0 radical (unpaired) electrons. The molecule has 0 spiro atoms. The summed E-state index contributed by atoms with van der Waals surface area (Å²) in [5.41, 5.74) is 2.18. The SMILES string of the molecule is CCCOc1ccc(S(=O)(=O)Nc2ccc3c(c2)CN(S(=O)(=O)c2ccccc2)CC3)cc1. The summed E-state index contributed by atoms with van der Waals surface area (Å²) < 4.78 is 61.2. The van der Waals surface area contributed by atoms with Crippen molar-refractivity contribution in [2.75, 3.05) is 17.9 Å². The third-order valence-electron chi connectivity index (χ3n) is 5.42. The van der Waals surface area contributed by atoms with Crippen molar-refractivity contribution in [3.63, 3.8) is 0 Å². The first-order valence-electron chi connectivity index (χ1n) is 10.7. The Balaban J connectivity index is 1.52. The second kappa shape index (κ2) is 9.54. The van der Waals surface area contributed by atoms with E-state index < -0.39 is 20.0 Å². The highest BCUT2D eigenvalue weighted by molar-refractivity contribution is 7.92. The van der Waals surface area contributed by atoms with Crippen molar-refractivity contribution in [3.8, 4) is 5.75 Å². The predicted molar refractivity (Wildman–Crippen MR) is 127 cm³/mol. The van der Waals surface area contributed by atoms with E-state index in [1.54, 1.807) is 54.6 Å². The molecule has 3 aromatic carbocycles. The van der Waals surface area contributed by atoms with Crippen LogP contribution in [0.2, 0.25) is 0 Å². The molecule has 7 nitrogen and oxygen atoms in total. The Kier molecular flexibility index (Phi) is 6.73. The summed E-state index contributed by atoms with van der Waals surface area (Å²) >= 11 is 0. The minimum Gasteiger partial charge on any atom is -0.494 e. The first-order chi connectivity index (χ1) is 15.8. The standard InChI is InChI=1S/C24H26N2O5S2/c1-2-16-31-22-10-12-23(13-11-22)32(27,28)25-21-9-8-19-14-15-26(18-20(19)17-21)33(29,30)24-6-4-3-5-7-24/h3-13,17,25H,2,14-16,18H2,1H3. The van der Waals surface area contributed by atoms with Gasteiger partial charge in [0.1, 0.15) is 5.75 Å². The molecule has 0 bridgehead atoms. The van der Waals surface area contributed by atoms with Gasteiger partial charge in [-0.3, -0.25) is 4.72 Å². The van der Waals surface area contributed by atoms with Gasteiger partial charge in [0.05, 0.1) is 16.4 Å². The molecular formula is C24H26N2O5S2. The fourth-order valence-corrected chi connectivity index (χ4v) is 6.18. The van der Waals surface area contributed by atoms with E-state index in [0.29, 0.717) is 31.0 Å².